The fourth-order valence-corrected chi connectivity index (χ4v) is 5.55. The number of aliphatic hydroxyl groups is 2. The number of rotatable bonds is 33. The standard InChI is InChI=1S/C38H73NO3/c1-3-5-7-9-11-13-15-17-18-19-20-22-23-25-27-29-31-33-37(41)36(35-40)39-38(42)34-32-30-28-26-24-21-16-14-12-10-8-6-4-2/h23,25,31,33,36-37,40-41H,3-22,24,26-30,32,34-35H2,1-2H3,(H,39,42)/b25-23+,33-31+/t36-,37+/m0/s1. The van der Waals surface area contributed by atoms with Crippen molar-refractivity contribution >= 4 is 5.91 Å². The van der Waals surface area contributed by atoms with Gasteiger partial charge in [0, 0.05) is 6.42 Å². The number of hydrogen-bond acceptors (Lipinski definition) is 3. The molecule has 0 radical (unpaired) electrons. The zero-order valence-electron chi connectivity index (χ0n) is 28.3. The van der Waals surface area contributed by atoms with Gasteiger partial charge in [-0.05, 0) is 32.1 Å². The van der Waals surface area contributed by atoms with Crippen LogP contribution in [-0.4, -0.2) is 34.9 Å². The molecule has 0 aliphatic rings. The van der Waals surface area contributed by atoms with E-state index in [2.05, 4.69) is 31.3 Å². The highest BCUT2D eigenvalue weighted by Gasteiger charge is 2.17. The molecule has 0 aliphatic carbocycles. The van der Waals surface area contributed by atoms with Crippen LogP contribution in [0.4, 0.5) is 0 Å². The van der Waals surface area contributed by atoms with Gasteiger partial charge in [-0.3, -0.25) is 4.79 Å². The molecule has 0 saturated heterocycles. The largest absolute Gasteiger partial charge is 0.394 e. The molecule has 0 bridgehead atoms. The van der Waals surface area contributed by atoms with Crippen molar-refractivity contribution in [2.24, 2.45) is 0 Å². The van der Waals surface area contributed by atoms with Gasteiger partial charge < -0.3 is 15.5 Å². The summed E-state index contributed by atoms with van der Waals surface area (Å²) in [6, 6.07) is -0.632. The molecule has 0 rings (SSSR count). The topological polar surface area (TPSA) is 69.6 Å². The SMILES string of the molecule is CCCCCCCCCCCCC/C=C/CC/C=C/[C@@H](O)[C@H](CO)NC(=O)CCCCCCCCCCCCCCC. The number of allylic oxidation sites excluding steroid dienone is 3. The number of carbonyl (C=O) groups excluding carboxylic acids is 1. The van der Waals surface area contributed by atoms with Crippen LogP contribution in [0.1, 0.15) is 194 Å². The molecule has 4 heteroatoms. The second-order valence-electron chi connectivity index (χ2n) is 12.6. The lowest BCUT2D eigenvalue weighted by Gasteiger charge is -2.19. The van der Waals surface area contributed by atoms with Crippen molar-refractivity contribution in [1.82, 2.24) is 5.32 Å². The normalized spacial score (nSPS) is 13.3. The lowest BCUT2D eigenvalue weighted by atomic mass is 10.0. The molecule has 3 N–H and O–H groups in total. The Morgan fingerprint density at radius 3 is 1.38 bits per heavy atom. The first kappa shape index (κ1) is 40.9. The van der Waals surface area contributed by atoms with Gasteiger partial charge in [0.05, 0.1) is 18.8 Å². The van der Waals surface area contributed by atoms with Gasteiger partial charge in [-0.2, -0.15) is 0 Å². The van der Waals surface area contributed by atoms with Gasteiger partial charge in [0.15, 0.2) is 0 Å². The molecule has 42 heavy (non-hydrogen) atoms. The van der Waals surface area contributed by atoms with Crippen LogP contribution in [0.3, 0.4) is 0 Å². The van der Waals surface area contributed by atoms with Crippen molar-refractivity contribution < 1.29 is 15.0 Å². The smallest absolute Gasteiger partial charge is 0.220 e. The predicted octanol–water partition coefficient (Wildman–Crippen LogP) is 10.9. The Hall–Kier alpha value is -1.13. The fourth-order valence-electron chi connectivity index (χ4n) is 5.55. The minimum Gasteiger partial charge on any atom is -0.394 e. The molecule has 0 heterocycles. The molecule has 0 aliphatic heterocycles. The predicted molar refractivity (Wildman–Crippen MR) is 184 cm³/mol. The Morgan fingerprint density at radius 1 is 0.548 bits per heavy atom. The fraction of sp³-hybridized carbons (Fsp3) is 0.868. The lowest BCUT2D eigenvalue weighted by Crippen LogP contribution is -2.45. The van der Waals surface area contributed by atoms with Gasteiger partial charge in [0.25, 0.3) is 0 Å². The van der Waals surface area contributed by atoms with E-state index >= 15 is 0 Å². The highest BCUT2D eigenvalue weighted by Crippen LogP contribution is 2.14. The Balaban J connectivity index is 3.65. The average Bonchev–Trinajstić information content (AvgIpc) is 2.99. The van der Waals surface area contributed by atoms with E-state index in [9.17, 15) is 15.0 Å². The highest BCUT2D eigenvalue weighted by molar-refractivity contribution is 5.76. The summed E-state index contributed by atoms with van der Waals surface area (Å²) >= 11 is 0. The van der Waals surface area contributed by atoms with Crippen LogP contribution in [0.25, 0.3) is 0 Å². The Morgan fingerprint density at radius 2 is 0.929 bits per heavy atom. The first-order valence-corrected chi connectivity index (χ1v) is 18.6. The van der Waals surface area contributed by atoms with Gasteiger partial charge in [-0.25, -0.2) is 0 Å². The van der Waals surface area contributed by atoms with E-state index in [1.54, 1.807) is 6.08 Å². The number of amides is 1. The Bertz CT molecular complexity index is 603. The Kier molecular flexibility index (Phi) is 33.4. The summed E-state index contributed by atoms with van der Waals surface area (Å²) in [6.07, 6.45) is 42.6. The average molecular weight is 592 g/mol. The van der Waals surface area contributed by atoms with Gasteiger partial charge in [0.2, 0.25) is 5.91 Å². The molecule has 248 valence electrons. The van der Waals surface area contributed by atoms with Gasteiger partial charge >= 0.3 is 0 Å². The van der Waals surface area contributed by atoms with Crippen molar-refractivity contribution in [2.75, 3.05) is 6.61 Å². The van der Waals surface area contributed by atoms with E-state index < -0.39 is 12.1 Å². The van der Waals surface area contributed by atoms with Crippen LogP contribution in [0.5, 0.6) is 0 Å². The van der Waals surface area contributed by atoms with Crippen LogP contribution < -0.4 is 5.32 Å². The van der Waals surface area contributed by atoms with Crippen molar-refractivity contribution in [1.29, 1.82) is 0 Å². The summed E-state index contributed by atoms with van der Waals surface area (Å²) in [4.78, 5) is 12.3. The van der Waals surface area contributed by atoms with Gasteiger partial charge in [-0.1, -0.05) is 179 Å². The van der Waals surface area contributed by atoms with Crippen LogP contribution in [0.2, 0.25) is 0 Å². The first-order chi connectivity index (χ1) is 20.7. The second kappa shape index (κ2) is 34.4. The van der Waals surface area contributed by atoms with Crippen LogP contribution in [-0.2, 0) is 4.79 Å². The van der Waals surface area contributed by atoms with E-state index in [1.807, 2.05) is 6.08 Å². The van der Waals surface area contributed by atoms with Crippen molar-refractivity contribution in [2.45, 2.75) is 206 Å². The van der Waals surface area contributed by atoms with Crippen LogP contribution in [0.15, 0.2) is 24.3 Å². The monoisotopic (exact) mass is 592 g/mol. The molecule has 4 nitrogen and oxygen atoms in total. The summed E-state index contributed by atoms with van der Waals surface area (Å²) in [5.74, 6) is -0.0742. The zero-order valence-corrected chi connectivity index (χ0v) is 28.3. The number of carbonyl (C=O) groups is 1. The molecule has 0 unspecified atom stereocenters. The molecule has 0 spiro atoms. The van der Waals surface area contributed by atoms with Crippen molar-refractivity contribution in [3.63, 3.8) is 0 Å². The summed E-state index contributed by atoms with van der Waals surface area (Å²) in [6.45, 7) is 4.29. The molecule has 0 aromatic carbocycles. The number of unbranched alkanes of at least 4 members (excludes halogenated alkanes) is 24. The van der Waals surface area contributed by atoms with Crippen molar-refractivity contribution in [3.8, 4) is 0 Å². The third-order valence-corrected chi connectivity index (χ3v) is 8.44. The van der Waals surface area contributed by atoms with Gasteiger partial charge in [-0.15, -0.1) is 0 Å². The second-order valence-corrected chi connectivity index (χ2v) is 12.6. The number of aliphatic hydroxyl groups excluding tert-OH is 2. The van der Waals surface area contributed by atoms with E-state index in [-0.39, 0.29) is 12.5 Å². The zero-order chi connectivity index (χ0) is 30.8. The molecule has 2 atom stereocenters. The highest BCUT2D eigenvalue weighted by atomic mass is 16.3. The molecule has 0 saturated carbocycles. The van der Waals surface area contributed by atoms with E-state index in [0.717, 1.165) is 32.1 Å². The minimum absolute atomic E-state index is 0.0742. The minimum atomic E-state index is -0.856. The molecule has 0 aromatic heterocycles. The quantitative estimate of drug-likeness (QED) is 0.0525. The summed E-state index contributed by atoms with van der Waals surface area (Å²) in [7, 11) is 0. The molecular weight excluding hydrogens is 518 g/mol. The van der Waals surface area contributed by atoms with Gasteiger partial charge in [0.1, 0.15) is 0 Å². The summed E-state index contributed by atoms with van der Waals surface area (Å²) in [5.41, 5.74) is 0. The summed E-state index contributed by atoms with van der Waals surface area (Å²) in [5, 5.41) is 22.9. The third kappa shape index (κ3) is 30.3. The summed E-state index contributed by atoms with van der Waals surface area (Å²) < 4.78 is 0. The van der Waals surface area contributed by atoms with Crippen LogP contribution in [0, 0.1) is 0 Å². The number of hydrogen-bond donors (Lipinski definition) is 3. The van der Waals surface area contributed by atoms with Crippen molar-refractivity contribution in [3.05, 3.63) is 24.3 Å². The maximum absolute atomic E-state index is 12.3. The molecular formula is C38H73NO3. The first-order valence-electron chi connectivity index (χ1n) is 18.6. The van der Waals surface area contributed by atoms with E-state index in [4.69, 9.17) is 0 Å². The maximum Gasteiger partial charge on any atom is 0.220 e. The molecule has 0 aromatic rings. The van der Waals surface area contributed by atoms with Crippen LogP contribution >= 0.6 is 0 Å². The maximum atomic E-state index is 12.3. The van der Waals surface area contributed by atoms with E-state index in [1.165, 1.54) is 141 Å². The lowest BCUT2D eigenvalue weighted by molar-refractivity contribution is -0.123. The Labute approximate surface area is 262 Å². The molecule has 1 amide bonds. The number of nitrogens with one attached hydrogen (secondary N) is 1. The third-order valence-electron chi connectivity index (χ3n) is 8.44. The molecule has 0 fully saturated rings. The van der Waals surface area contributed by atoms with E-state index in [0.29, 0.717) is 6.42 Å².